The van der Waals surface area contributed by atoms with E-state index < -0.39 is 0 Å². The van der Waals surface area contributed by atoms with E-state index in [2.05, 4.69) is 42.5 Å². The molecule has 4 nitrogen and oxygen atoms in total. The van der Waals surface area contributed by atoms with Crippen molar-refractivity contribution in [3.63, 3.8) is 0 Å². The molecular formula is C15H24N2O2. The van der Waals surface area contributed by atoms with Crippen molar-refractivity contribution >= 4 is 0 Å². The maximum atomic E-state index is 5.53. The number of fused-ring (bicyclic) bond motifs is 1. The minimum Gasteiger partial charge on any atom is -0.493 e. The van der Waals surface area contributed by atoms with Crippen LogP contribution in [0.3, 0.4) is 0 Å². The predicted molar refractivity (Wildman–Crippen MR) is 76.7 cm³/mol. The van der Waals surface area contributed by atoms with Gasteiger partial charge in [-0.1, -0.05) is 12.1 Å². The third-order valence-corrected chi connectivity index (χ3v) is 3.19. The van der Waals surface area contributed by atoms with Crippen LogP contribution in [0.25, 0.3) is 0 Å². The van der Waals surface area contributed by atoms with Crippen LogP contribution in [0.1, 0.15) is 11.1 Å². The number of rotatable bonds is 8. The van der Waals surface area contributed by atoms with E-state index in [0.717, 1.165) is 51.6 Å². The molecule has 1 aliphatic heterocycles. The number of benzene rings is 1. The van der Waals surface area contributed by atoms with Gasteiger partial charge in [-0.2, -0.15) is 0 Å². The first-order valence-corrected chi connectivity index (χ1v) is 6.93. The molecule has 1 aliphatic rings. The summed E-state index contributed by atoms with van der Waals surface area (Å²) in [5, 5.41) is 3.40. The molecule has 0 aromatic heterocycles. The zero-order chi connectivity index (χ0) is 13.5. The summed E-state index contributed by atoms with van der Waals surface area (Å²) in [5.74, 6) is 1.05. The van der Waals surface area contributed by atoms with Crippen molar-refractivity contribution in [2.75, 3.05) is 47.0 Å². The number of nitrogens with one attached hydrogen (secondary N) is 1. The van der Waals surface area contributed by atoms with Gasteiger partial charge >= 0.3 is 0 Å². The highest BCUT2D eigenvalue weighted by atomic mass is 16.5. The van der Waals surface area contributed by atoms with Crippen LogP contribution in [0.2, 0.25) is 0 Å². The van der Waals surface area contributed by atoms with Crippen molar-refractivity contribution < 1.29 is 9.47 Å². The van der Waals surface area contributed by atoms with Crippen LogP contribution in [-0.2, 0) is 17.7 Å². The van der Waals surface area contributed by atoms with E-state index >= 15 is 0 Å². The van der Waals surface area contributed by atoms with E-state index in [0.29, 0.717) is 0 Å². The summed E-state index contributed by atoms with van der Waals surface area (Å²) < 4.78 is 11.0. The average molecular weight is 264 g/mol. The predicted octanol–water partition coefficient (Wildman–Crippen LogP) is 1.29. The van der Waals surface area contributed by atoms with Gasteiger partial charge in [0.25, 0.3) is 0 Å². The van der Waals surface area contributed by atoms with E-state index in [4.69, 9.17) is 9.47 Å². The van der Waals surface area contributed by atoms with E-state index in [1.165, 1.54) is 11.1 Å². The Hall–Kier alpha value is -1.10. The normalized spacial score (nSPS) is 13.6. The van der Waals surface area contributed by atoms with Crippen molar-refractivity contribution in [1.82, 2.24) is 10.2 Å². The zero-order valence-electron chi connectivity index (χ0n) is 11.9. The van der Waals surface area contributed by atoms with Crippen molar-refractivity contribution in [2.24, 2.45) is 0 Å². The SMILES string of the molecule is CN(C)CCOCCNCc1ccc2c(c1)CCO2. The Morgan fingerprint density at radius 1 is 1.32 bits per heavy atom. The molecule has 106 valence electrons. The van der Waals surface area contributed by atoms with Gasteiger partial charge in [0.05, 0.1) is 19.8 Å². The fourth-order valence-electron chi connectivity index (χ4n) is 2.08. The standard InChI is InChI=1S/C15H24N2O2/c1-17(2)7-10-18-9-6-16-12-13-3-4-15-14(11-13)5-8-19-15/h3-4,11,16H,5-10,12H2,1-2H3. The van der Waals surface area contributed by atoms with Crippen LogP contribution in [-0.4, -0.2) is 51.9 Å². The highest BCUT2D eigenvalue weighted by molar-refractivity contribution is 5.39. The summed E-state index contributed by atoms with van der Waals surface area (Å²) in [6.07, 6.45) is 1.04. The Balaban J connectivity index is 1.58. The smallest absolute Gasteiger partial charge is 0.122 e. The molecule has 0 saturated heterocycles. The van der Waals surface area contributed by atoms with Crippen molar-refractivity contribution in [3.8, 4) is 5.75 Å². The fourth-order valence-corrected chi connectivity index (χ4v) is 2.08. The number of ether oxygens (including phenoxy) is 2. The number of hydrogen-bond donors (Lipinski definition) is 1. The Labute approximate surface area is 115 Å². The first-order valence-electron chi connectivity index (χ1n) is 6.93. The first kappa shape index (κ1) is 14.3. The van der Waals surface area contributed by atoms with Gasteiger partial charge < -0.3 is 19.7 Å². The summed E-state index contributed by atoms with van der Waals surface area (Å²) >= 11 is 0. The van der Waals surface area contributed by atoms with E-state index in [-0.39, 0.29) is 0 Å². The van der Waals surface area contributed by atoms with Gasteiger partial charge in [0.15, 0.2) is 0 Å². The molecule has 0 fully saturated rings. The molecule has 0 unspecified atom stereocenters. The zero-order valence-corrected chi connectivity index (χ0v) is 11.9. The van der Waals surface area contributed by atoms with Gasteiger partial charge in [0, 0.05) is 26.1 Å². The number of hydrogen-bond acceptors (Lipinski definition) is 4. The lowest BCUT2D eigenvalue weighted by atomic mass is 10.1. The molecule has 0 bridgehead atoms. The second kappa shape index (κ2) is 7.48. The van der Waals surface area contributed by atoms with Crippen LogP contribution in [0.15, 0.2) is 18.2 Å². The molecule has 0 saturated carbocycles. The van der Waals surface area contributed by atoms with Crippen molar-refractivity contribution in [1.29, 1.82) is 0 Å². The average Bonchev–Trinajstić information content (AvgIpc) is 2.84. The molecule has 0 atom stereocenters. The third-order valence-electron chi connectivity index (χ3n) is 3.19. The lowest BCUT2D eigenvalue weighted by Crippen LogP contribution is -2.23. The largest absolute Gasteiger partial charge is 0.493 e. The molecule has 19 heavy (non-hydrogen) atoms. The van der Waals surface area contributed by atoms with Gasteiger partial charge in [0.1, 0.15) is 5.75 Å². The maximum absolute atomic E-state index is 5.53. The second-order valence-corrected chi connectivity index (χ2v) is 5.13. The molecule has 1 aromatic carbocycles. The van der Waals surface area contributed by atoms with Crippen LogP contribution in [0.5, 0.6) is 5.75 Å². The van der Waals surface area contributed by atoms with Crippen LogP contribution >= 0.6 is 0 Å². The van der Waals surface area contributed by atoms with E-state index in [9.17, 15) is 0 Å². The highest BCUT2D eigenvalue weighted by Crippen LogP contribution is 2.25. The van der Waals surface area contributed by atoms with Crippen LogP contribution < -0.4 is 10.1 Å². The van der Waals surface area contributed by atoms with Crippen molar-refractivity contribution in [3.05, 3.63) is 29.3 Å². The monoisotopic (exact) mass is 264 g/mol. The summed E-state index contributed by atoms with van der Waals surface area (Å²) in [4.78, 5) is 2.13. The molecule has 0 spiro atoms. The molecule has 1 N–H and O–H groups in total. The number of likely N-dealkylation sites (N-methyl/N-ethyl adjacent to an activating group) is 1. The van der Waals surface area contributed by atoms with E-state index in [1.807, 2.05) is 0 Å². The Morgan fingerprint density at radius 3 is 3.05 bits per heavy atom. The molecule has 4 heteroatoms. The van der Waals surface area contributed by atoms with Gasteiger partial charge in [-0.15, -0.1) is 0 Å². The highest BCUT2D eigenvalue weighted by Gasteiger charge is 2.11. The van der Waals surface area contributed by atoms with Gasteiger partial charge in [-0.25, -0.2) is 0 Å². The lowest BCUT2D eigenvalue weighted by molar-refractivity contribution is 0.119. The first-order chi connectivity index (χ1) is 9.25. The minimum atomic E-state index is 0.766. The molecular weight excluding hydrogens is 240 g/mol. The minimum absolute atomic E-state index is 0.766. The Kier molecular flexibility index (Phi) is 5.63. The van der Waals surface area contributed by atoms with Crippen molar-refractivity contribution in [2.45, 2.75) is 13.0 Å². The molecule has 2 rings (SSSR count). The van der Waals surface area contributed by atoms with Crippen LogP contribution in [0, 0.1) is 0 Å². The van der Waals surface area contributed by atoms with E-state index in [1.54, 1.807) is 0 Å². The molecule has 1 heterocycles. The summed E-state index contributed by atoms with van der Waals surface area (Å²) in [7, 11) is 4.11. The Bertz CT molecular complexity index is 394. The fraction of sp³-hybridized carbons (Fsp3) is 0.600. The summed E-state index contributed by atoms with van der Waals surface area (Å²) in [6.45, 7) is 5.15. The quantitative estimate of drug-likeness (QED) is 0.717. The molecule has 1 aromatic rings. The maximum Gasteiger partial charge on any atom is 0.122 e. The van der Waals surface area contributed by atoms with Gasteiger partial charge in [-0.3, -0.25) is 0 Å². The molecule has 0 radical (unpaired) electrons. The summed E-state index contributed by atoms with van der Waals surface area (Å²) in [6, 6.07) is 6.44. The van der Waals surface area contributed by atoms with Gasteiger partial charge in [0.2, 0.25) is 0 Å². The lowest BCUT2D eigenvalue weighted by Gasteiger charge is -2.10. The third kappa shape index (κ3) is 4.82. The molecule has 0 aliphatic carbocycles. The summed E-state index contributed by atoms with van der Waals surface area (Å²) in [5.41, 5.74) is 2.65. The van der Waals surface area contributed by atoms with Gasteiger partial charge in [-0.05, 0) is 31.3 Å². The Morgan fingerprint density at radius 2 is 2.21 bits per heavy atom. The van der Waals surface area contributed by atoms with Crippen LogP contribution in [0.4, 0.5) is 0 Å². The second-order valence-electron chi connectivity index (χ2n) is 5.13. The number of nitrogens with zero attached hydrogens (tertiary/aromatic N) is 1. The molecule has 0 amide bonds. The topological polar surface area (TPSA) is 33.7 Å².